The van der Waals surface area contributed by atoms with E-state index in [4.69, 9.17) is 22.3 Å². The summed E-state index contributed by atoms with van der Waals surface area (Å²) in [4.78, 5) is -0.269. The highest BCUT2D eigenvalue weighted by atomic mass is 35.7. The molecule has 1 rings (SSSR count). The number of hydrogen-bond donors (Lipinski definition) is 0. The summed E-state index contributed by atoms with van der Waals surface area (Å²) < 4.78 is 34.6. The number of benzene rings is 1. The van der Waals surface area contributed by atoms with Gasteiger partial charge in [-0.2, -0.15) is 0 Å². The fraction of sp³-hybridized carbons (Fsp3) is 0.143. The maximum atomic E-state index is 12.8. The van der Waals surface area contributed by atoms with Crippen LogP contribution < -0.4 is 0 Å². The van der Waals surface area contributed by atoms with Crippen LogP contribution in [-0.4, -0.2) is 8.42 Å². The Kier molecular flexibility index (Phi) is 2.85. The van der Waals surface area contributed by atoms with Gasteiger partial charge in [0.2, 0.25) is 0 Å². The van der Waals surface area contributed by atoms with Gasteiger partial charge in [0.15, 0.2) is 0 Å². The van der Waals surface area contributed by atoms with Gasteiger partial charge < -0.3 is 0 Å². The van der Waals surface area contributed by atoms with Crippen molar-refractivity contribution in [3.63, 3.8) is 0 Å². The van der Waals surface area contributed by atoms with E-state index in [-0.39, 0.29) is 15.5 Å². The molecule has 6 heteroatoms. The monoisotopic (exact) mass is 242 g/mol. The van der Waals surface area contributed by atoms with Crippen molar-refractivity contribution in [3.8, 4) is 0 Å². The van der Waals surface area contributed by atoms with Crippen LogP contribution in [0.3, 0.4) is 0 Å². The van der Waals surface area contributed by atoms with E-state index in [1.807, 2.05) is 0 Å². The Balaban J connectivity index is 3.53. The van der Waals surface area contributed by atoms with E-state index in [1.54, 1.807) is 0 Å². The first kappa shape index (κ1) is 10.8. The molecule has 0 bridgehead atoms. The van der Waals surface area contributed by atoms with E-state index in [0.29, 0.717) is 0 Å². The Bertz CT molecular complexity index is 442. The van der Waals surface area contributed by atoms with Crippen LogP contribution >= 0.6 is 22.3 Å². The number of rotatable bonds is 1. The summed E-state index contributed by atoms with van der Waals surface area (Å²) in [5, 5.41) is -0.171. The van der Waals surface area contributed by atoms with E-state index in [9.17, 15) is 12.8 Å². The van der Waals surface area contributed by atoms with Crippen LogP contribution in [0, 0.1) is 12.7 Å². The lowest BCUT2D eigenvalue weighted by atomic mass is 10.2. The molecule has 0 radical (unpaired) electrons. The summed E-state index contributed by atoms with van der Waals surface area (Å²) in [7, 11) is 1.15. The summed E-state index contributed by atoms with van der Waals surface area (Å²) in [6.07, 6.45) is 0. The fourth-order valence-electron chi connectivity index (χ4n) is 0.825. The van der Waals surface area contributed by atoms with E-state index in [1.165, 1.54) is 6.92 Å². The van der Waals surface area contributed by atoms with Crippen molar-refractivity contribution in [2.24, 2.45) is 0 Å². The maximum absolute atomic E-state index is 12.8. The lowest BCUT2D eigenvalue weighted by molar-refractivity contribution is 0.605. The minimum atomic E-state index is -3.90. The highest BCUT2D eigenvalue weighted by molar-refractivity contribution is 8.13. The molecule has 0 N–H and O–H groups in total. The van der Waals surface area contributed by atoms with Crippen LogP contribution in [0.15, 0.2) is 17.0 Å². The molecule has 0 saturated heterocycles. The molecular formula is C7H5Cl2FO2S. The average Bonchev–Trinajstić information content (AvgIpc) is 1.98. The summed E-state index contributed by atoms with van der Waals surface area (Å²) >= 11 is 5.58. The summed E-state index contributed by atoms with van der Waals surface area (Å²) in [5.41, 5.74) is 0.0726. The molecule has 0 aliphatic carbocycles. The number of halogens is 3. The van der Waals surface area contributed by atoms with Gasteiger partial charge >= 0.3 is 0 Å². The minimum absolute atomic E-state index is 0.0726. The third-order valence-corrected chi connectivity index (χ3v) is 3.51. The predicted molar refractivity (Wildman–Crippen MR) is 49.2 cm³/mol. The van der Waals surface area contributed by atoms with Gasteiger partial charge in [-0.1, -0.05) is 11.6 Å². The second-order valence-electron chi connectivity index (χ2n) is 2.42. The Morgan fingerprint density at radius 1 is 1.38 bits per heavy atom. The first-order chi connectivity index (χ1) is 5.84. The van der Waals surface area contributed by atoms with Crippen LogP contribution in [0.5, 0.6) is 0 Å². The molecule has 1 aromatic carbocycles. The largest absolute Gasteiger partial charge is 0.262 e. The smallest absolute Gasteiger partial charge is 0.207 e. The zero-order valence-electron chi connectivity index (χ0n) is 6.51. The van der Waals surface area contributed by atoms with Crippen molar-refractivity contribution < 1.29 is 12.8 Å². The normalized spacial score (nSPS) is 11.7. The summed E-state index contributed by atoms with van der Waals surface area (Å²) in [6.45, 7) is 1.38. The van der Waals surface area contributed by atoms with Crippen LogP contribution in [0.1, 0.15) is 5.56 Å². The van der Waals surface area contributed by atoms with E-state index in [0.717, 1.165) is 12.1 Å². The lowest BCUT2D eigenvalue weighted by Crippen LogP contribution is -1.95. The quantitative estimate of drug-likeness (QED) is 0.710. The molecule has 0 heterocycles. The molecule has 0 atom stereocenters. The lowest BCUT2D eigenvalue weighted by Gasteiger charge is -2.03. The van der Waals surface area contributed by atoms with Crippen molar-refractivity contribution in [3.05, 3.63) is 28.5 Å². The first-order valence-electron chi connectivity index (χ1n) is 3.23. The minimum Gasteiger partial charge on any atom is -0.207 e. The fourth-order valence-corrected chi connectivity index (χ4v) is 2.38. The molecule has 72 valence electrons. The maximum Gasteiger partial charge on any atom is 0.262 e. The van der Waals surface area contributed by atoms with Crippen molar-refractivity contribution in [1.29, 1.82) is 0 Å². The SMILES string of the molecule is Cc1c(F)ccc(S(=O)(=O)Cl)c1Cl. The van der Waals surface area contributed by atoms with E-state index >= 15 is 0 Å². The molecule has 2 nitrogen and oxygen atoms in total. The zero-order chi connectivity index (χ0) is 10.2. The van der Waals surface area contributed by atoms with Crippen LogP contribution in [0.25, 0.3) is 0 Å². The third-order valence-electron chi connectivity index (χ3n) is 1.55. The van der Waals surface area contributed by atoms with E-state index < -0.39 is 14.9 Å². The first-order valence-corrected chi connectivity index (χ1v) is 5.92. The summed E-state index contributed by atoms with van der Waals surface area (Å²) in [6, 6.07) is 2.05. The molecule has 0 unspecified atom stereocenters. The highest BCUT2D eigenvalue weighted by Gasteiger charge is 2.17. The number of hydrogen-bond acceptors (Lipinski definition) is 2. The van der Waals surface area contributed by atoms with Crippen LogP contribution in [-0.2, 0) is 9.05 Å². The van der Waals surface area contributed by atoms with Gasteiger partial charge in [-0.15, -0.1) is 0 Å². The standard InChI is InChI=1S/C7H5Cl2FO2S/c1-4-5(10)2-3-6(7(4)8)13(9,11)12/h2-3H,1H3. The molecule has 0 aromatic heterocycles. The van der Waals surface area contributed by atoms with Gasteiger partial charge in [-0.3, -0.25) is 0 Å². The molecule has 0 fully saturated rings. The van der Waals surface area contributed by atoms with Gasteiger partial charge in [0.1, 0.15) is 10.7 Å². The van der Waals surface area contributed by atoms with Gasteiger partial charge in [0, 0.05) is 16.2 Å². The zero-order valence-corrected chi connectivity index (χ0v) is 8.84. The molecule has 0 amide bonds. The topological polar surface area (TPSA) is 34.1 Å². The molecule has 0 aliphatic rings. The Hall–Kier alpha value is -0.320. The Morgan fingerprint density at radius 2 is 1.92 bits per heavy atom. The molecule has 0 aliphatic heterocycles. The predicted octanol–water partition coefficient (Wildman–Crippen LogP) is 2.72. The van der Waals surface area contributed by atoms with Gasteiger partial charge in [0.05, 0.1) is 5.02 Å². The molecular weight excluding hydrogens is 238 g/mol. The highest BCUT2D eigenvalue weighted by Crippen LogP contribution is 2.28. The van der Waals surface area contributed by atoms with Crippen molar-refractivity contribution in [2.45, 2.75) is 11.8 Å². The van der Waals surface area contributed by atoms with E-state index in [2.05, 4.69) is 0 Å². The second kappa shape index (κ2) is 3.44. The van der Waals surface area contributed by atoms with Crippen molar-refractivity contribution >= 4 is 31.3 Å². The Morgan fingerprint density at radius 3 is 2.38 bits per heavy atom. The van der Waals surface area contributed by atoms with Crippen molar-refractivity contribution in [1.82, 2.24) is 0 Å². The average molecular weight is 243 g/mol. The molecule has 1 aromatic rings. The van der Waals surface area contributed by atoms with Gasteiger partial charge in [0.25, 0.3) is 9.05 Å². The molecule has 13 heavy (non-hydrogen) atoms. The summed E-state index contributed by atoms with van der Waals surface area (Å²) in [5.74, 6) is -0.561. The second-order valence-corrected chi connectivity index (χ2v) is 5.33. The molecule has 0 spiro atoms. The van der Waals surface area contributed by atoms with Gasteiger partial charge in [-0.05, 0) is 19.1 Å². The van der Waals surface area contributed by atoms with Gasteiger partial charge in [-0.25, -0.2) is 12.8 Å². The van der Waals surface area contributed by atoms with Crippen LogP contribution in [0.4, 0.5) is 4.39 Å². The van der Waals surface area contributed by atoms with Crippen molar-refractivity contribution in [2.75, 3.05) is 0 Å². The van der Waals surface area contributed by atoms with Crippen LogP contribution in [0.2, 0.25) is 5.02 Å². The third kappa shape index (κ3) is 2.13. The Labute approximate surface area is 84.7 Å². The molecule has 0 saturated carbocycles.